The van der Waals surface area contributed by atoms with Gasteiger partial charge in [-0.15, -0.1) is 0 Å². The third-order valence-electron chi connectivity index (χ3n) is 3.23. The molecule has 1 heterocycles. The molecule has 0 saturated carbocycles. The number of likely N-dealkylation sites (N-methyl/N-ethyl adjacent to an activating group) is 1. The van der Waals surface area contributed by atoms with Gasteiger partial charge in [-0.25, -0.2) is 8.42 Å². The normalized spacial score (nSPS) is 20.1. The van der Waals surface area contributed by atoms with Gasteiger partial charge in [0.2, 0.25) is 10.0 Å². The fourth-order valence-corrected chi connectivity index (χ4v) is 3.93. The van der Waals surface area contributed by atoms with E-state index < -0.39 is 10.0 Å². The summed E-state index contributed by atoms with van der Waals surface area (Å²) in [6, 6.07) is 6.05. The summed E-state index contributed by atoms with van der Waals surface area (Å²) in [6.07, 6.45) is -0.174. The standard InChI is InChI=1S/C13H16ClN3O3S/c1-16-8-11-9-17(4-5-20-11)21(18,19)12-3-2-10(7-15)13(14)6-12/h2-3,6,11,16H,4-5,8-9H2,1H3. The average Bonchev–Trinajstić information content (AvgIpc) is 2.48. The van der Waals surface area contributed by atoms with E-state index in [-0.39, 0.29) is 21.6 Å². The molecule has 1 aromatic carbocycles. The van der Waals surface area contributed by atoms with E-state index in [4.69, 9.17) is 21.6 Å². The van der Waals surface area contributed by atoms with Gasteiger partial charge in [-0.05, 0) is 25.2 Å². The first-order chi connectivity index (χ1) is 9.98. The van der Waals surface area contributed by atoms with E-state index in [1.165, 1.54) is 22.5 Å². The third-order valence-corrected chi connectivity index (χ3v) is 5.41. The Hall–Kier alpha value is -1.17. The molecule has 0 amide bonds. The van der Waals surface area contributed by atoms with Crippen LogP contribution in [0, 0.1) is 11.3 Å². The Bertz CT molecular complexity index is 655. The zero-order valence-electron chi connectivity index (χ0n) is 11.5. The lowest BCUT2D eigenvalue weighted by atomic mass is 10.2. The summed E-state index contributed by atoms with van der Waals surface area (Å²) >= 11 is 5.91. The summed E-state index contributed by atoms with van der Waals surface area (Å²) in [4.78, 5) is 0.0941. The van der Waals surface area contributed by atoms with Crippen molar-refractivity contribution in [3.05, 3.63) is 28.8 Å². The minimum Gasteiger partial charge on any atom is -0.374 e. The third kappa shape index (κ3) is 3.54. The maximum absolute atomic E-state index is 12.6. The molecule has 1 aliphatic rings. The van der Waals surface area contributed by atoms with Crippen LogP contribution in [0.25, 0.3) is 0 Å². The highest BCUT2D eigenvalue weighted by Gasteiger charge is 2.30. The van der Waals surface area contributed by atoms with Crippen LogP contribution in [-0.4, -0.2) is 52.1 Å². The molecule has 1 aromatic rings. The summed E-state index contributed by atoms with van der Waals surface area (Å²) in [5.41, 5.74) is 0.255. The predicted octanol–water partition coefficient (Wildman–Crippen LogP) is 0.821. The summed E-state index contributed by atoms with van der Waals surface area (Å²) in [7, 11) is -1.84. The molecule has 1 saturated heterocycles. The van der Waals surface area contributed by atoms with Crippen LogP contribution in [0.3, 0.4) is 0 Å². The first kappa shape index (κ1) is 16.2. The molecule has 21 heavy (non-hydrogen) atoms. The highest BCUT2D eigenvalue weighted by molar-refractivity contribution is 7.89. The number of rotatable bonds is 4. The first-order valence-corrected chi connectivity index (χ1v) is 8.27. The van der Waals surface area contributed by atoms with E-state index in [0.717, 1.165) is 0 Å². The van der Waals surface area contributed by atoms with Crippen LogP contribution in [0.1, 0.15) is 5.56 Å². The molecule has 8 heteroatoms. The Kier molecular flexibility index (Phi) is 5.19. The zero-order chi connectivity index (χ0) is 15.5. The van der Waals surface area contributed by atoms with Crippen molar-refractivity contribution in [3.63, 3.8) is 0 Å². The van der Waals surface area contributed by atoms with Crippen LogP contribution in [0.5, 0.6) is 0 Å². The van der Waals surface area contributed by atoms with E-state index in [1.807, 2.05) is 6.07 Å². The van der Waals surface area contributed by atoms with Crippen molar-refractivity contribution < 1.29 is 13.2 Å². The Morgan fingerprint density at radius 2 is 2.33 bits per heavy atom. The van der Waals surface area contributed by atoms with Crippen LogP contribution < -0.4 is 5.32 Å². The summed E-state index contributed by atoms with van der Waals surface area (Å²) in [5.74, 6) is 0. The van der Waals surface area contributed by atoms with Gasteiger partial charge in [0.15, 0.2) is 0 Å². The molecule has 2 rings (SSSR count). The number of benzene rings is 1. The number of hydrogen-bond acceptors (Lipinski definition) is 5. The first-order valence-electron chi connectivity index (χ1n) is 6.45. The van der Waals surface area contributed by atoms with Crippen LogP contribution in [0.2, 0.25) is 5.02 Å². The van der Waals surface area contributed by atoms with Crippen molar-refractivity contribution in [1.82, 2.24) is 9.62 Å². The minimum absolute atomic E-state index is 0.0941. The van der Waals surface area contributed by atoms with Gasteiger partial charge in [0.05, 0.1) is 28.2 Å². The van der Waals surface area contributed by atoms with E-state index in [9.17, 15) is 8.42 Å². The van der Waals surface area contributed by atoms with Crippen molar-refractivity contribution >= 4 is 21.6 Å². The van der Waals surface area contributed by atoms with Crippen molar-refractivity contribution in [2.24, 2.45) is 0 Å². The van der Waals surface area contributed by atoms with Gasteiger partial charge in [0, 0.05) is 19.6 Å². The number of nitrogens with one attached hydrogen (secondary N) is 1. The molecule has 0 radical (unpaired) electrons. The molecule has 6 nitrogen and oxygen atoms in total. The molecular formula is C13H16ClN3O3S. The van der Waals surface area contributed by atoms with Crippen molar-refractivity contribution in [1.29, 1.82) is 5.26 Å². The SMILES string of the molecule is CNCC1CN(S(=O)(=O)c2ccc(C#N)c(Cl)c2)CCO1. The zero-order valence-corrected chi connectivity index (χ0v) is 13.1. The predicted molar refractivity (Wildman–Crippen MR) is 78.6 cm³/mol. The number of nitriles is 1. The Balaban J connectivity index is 2.25. The van der Waals surface area contributed by atoms with E-state index >= 15 is 0 Å². The van der Waals surface area contributed by atoms with Crippen molar-refractivity contribution in [2.75, 3.05) is 33.3 Å². The Morgan fingerprint density at radius 3 is 2.95 bits per heavy atom. The second kappa shape index (κ2) is 6.73. The van der Waals surface area contributed by atoms with Gasteiger partial charge >= 0.3 is 0 Å². The van der Waals surface area contributed by atoms with Crippen LogP contribution in [0.4, 0.5) is 0 Å². The van der Waals surface area contributed by atoms with Gasteiger partial charge in [-0.3, -0.25) is 0 Å². The molecule has 1 N–H and O–H groups in total. The van der Waals surface area contributed by atoms with E-state index in [0.29, 0.717) is 26.2 Å². The summed E-state index contributed by atoms with van der Waals surface area (Å²) < 4.78 is 32.1. The highest BCUT2D eigenvalue weighted by Crippen LogP contribution is 2.24. The maximum Gasteiger partial charge on any atom is 0.243 e. The molecule has 0 bridgehead atoms. The number of halogens is 1. The van der Waals surface area contributed by atoms with Gasteiger partial charge in [0.25, 0.3) is 0 Å². The average molecular weight is 330 g/mol. The molecule has 114 valence electrons. The lowest BCUT2D eigenvalue weighted by Crippen LogP contribution is -2.48. The fourth-order valence-electron chi connectivity index (χ4n) is 2.16. The molecule has 0 aromatic heterocycles. The molecule has 0 aliphatic carbocycles. The lowest BCUT2D eigenvalue weighted by Gasteiger charge is -2.32. The number of morpholine rings is 1. The molecule has 1 unspecified atom stereocenters. The van der Waals surface area contributed by atoms with Gasteiger partial charge < -0.3 is 10.1 Å². The van der Waals surface area contributed by atoms with E-state index in [1.54, 1.807) is 7.05 Å². The van der Waals surface area contributed by atoms with Crippen LogP contribution >= 0.6 is 11.6 Å². The molecule has 1 fully saturated rings. The van der Waals surface area contributed by atoms with Crippen molar-refractivity contribution in [3.8, 4) is 6.07 Å². The number of nitrogens with zero attached hydrogens (tertiary/aromatic N) is 2. The quantitative estimate of drug-likeness (QED) is 0.884. The summed E-state index contributed by atoms with van der Waals surface area (Å²) in [6.45, 7) is 1.54. The number of ether oxygens (including phenoxy) is 1. The van der Waals surface area contributed by atoms with Crippen LogP contribution in [0.15, 0.2) is 23.1 Å². The Morgan fingerprint density at radius 1 is 1.57 bits per heavy atom. The smallest absolute Gasteiger partial charge is 0.243 e. The maximum atomic E-state index is 12.6. The molecule has 1 atom stereocenters. The van der Waals surface area contributed by atoms with Gasteiger partial charge in [-0.1, -0.05) is 11.6 Å². The van der Waals surface area contributed by atoms with Crippen LogP contribution in [-0.2, 0) is 14.8 Å². The molecule has 0 spiro atoms. The molecule has 1 aliphatic heterocycles. The minimum atomic E-state index is -3.63. The lowest BCUT2D eigenvalue weighted by molar-refractivity contribution is 0.000824. The molecular weight excluding hydrogens is 314 g/mol. The monoisotopic (exact) mass is 329 g/mol. The van der Waals surface area contributed by atoms with E-state index in [2.05, 4.69) is 5.32 Å². The largest absolute Gasteiger partial charge is 0.374 e. The number of hydrogen-bond donors (Lipinski definition) is 1. The second-order valence-electron chi connectivity index (χ2n) is 4.67. The summed E-state index contributed by atoms with van der Waals surface area (Å²) in [5, 5.41) is 11.9. The highest BCUT2D eigenvalue weighted by atomic mass is 35.5. The van der Waals surface area contributed by atoms with Gasteiger partial charge in [-0.2, -0.15) is 9.57 Å². The van der Waals surface area contributed by atoms with Gasteiger partial charge in [0.1, 0.15) is 6.07 Å². The topological polar surface area (TPSA) is 82.4 Å². The fraction of sp³-hybridized carbons (Fsp3) is 0.462. The number of sulfonamides is 1. The Labute approximate surface area is 129 Å². The second-order valence-corrected chi connectivity index (χ2v) is 7.01. The van der Waals surface area contributed by atoms with Crippen molar-refractivity contribution in [2.45, 2.75) is 11.0 Å².